The number of unbranched alkanes of at least 4 members (excludes halogenated alkanes) is 23. The third kappa shape index (κ3) is 42.6. The maximum Gasteiger partial charge on any atom is 0.306 e. The Hall–Kier alpha value is -2.14. The Labute approximate surface area is 335 Å². The SMILES string of the molecule is CC/C=C\C/C=C\C/C=C\C/C=C\CCCCCOCC(COC(=O)CCCCCCCCCCCCCCCCC)OC(=O)CCCCCCCCC. The molecule has 0 aromatic carbocycles. The first-order chi connectivity index (χ1) is 26.6. The van der Waals surface area contributed by atoms with Gasteiger partial charge in [-0.3, -0.25) is 9.59 Å². The van der Waals surface area contributed by atoms with Gasteiger partial charge in [0.2, 0.25) is 0 Å². The molecule has 0 fully saturated rings. The molecule has 0 radical (unpaired) electrons. The van der Waals surface area contributed by atoms with E-state index in [9.17, 15) is 9.59 Å². The predicted molar refractivity (Wildman–Crippen MR) is 233 cm³/mol. The molecule has 0 bridgehead atoms. The molecule has 0 saturated carbocycles. The smallest absolute Gasteiger partial charge is 0.306 e. The molecule has 0 heterocycles. The molecule has 5 heteroatoms. The molecule has 0 aliphatic rings. The molecule has 0 rings (SSSR count). The zero-order chi connectivity index (χ0) is 39.3. The summed E-state index contributed by atoms with van der Waals surface area (Å²) in [5.74, 6) is -0.415. The third-order valence-electron chi connectivity index (χ3n) is 9.88. The van der Waals surface area contributed by atoms with Gasteiger partial charge in [0.15, 0.2) is 6.10 Å². The minimum atomic E-state index is -0.545. The first kappa shape index (κ1) is 51.9. The highest BCUT2D eigenvalue weighted by Gasteiger charge is 2.17. The van der Waals surface area contributed by atoms with Crippen LogP contribution in [0.25, 0.3) is 0 Å². The van der Waals surface area contributed by atoms with Crippen LogP contribution >= 0.6 is 0 Å². The molecule has 0 saturated heterocycles. The summed E-state index contributed by atoms with van der Waals surface area (Å²) in [5.41, 5.74) is 0. The van der Waals surface area contributed by atoms with Crippen molar-refractivity contribution < 1.29 is 23.8 Å². The summed E-state index contributed by atoms with van der Waals surface area (Å²) >= 11 is 0. The van der Waals surface area contributed by atoms with Gasteiger partial charge in [0, 0.05) is 19.4 Å². The first-order valence-corrected chi connectivity index (χ1v) is 23.2. The monoisotopic (exact) mass is 757 g/mol. The molecule has 0 aliphatic carbocycles. The van der Waals surface area contributed by atoms with Crippen LogP contribution < -0.4 is 0 Å². The Bertz CT molecular complexity index is 904. The molecule has 5 nitrogen and oxygen atoms in total. The molecular formula is C49H88O5. The number of hydrogen-bond acceptors (Lipinski definition) is 5. The fourth-order valence-electron chi connectivity index (χ4n) is 6.44. The fourth-order valence-corrected chi connectivity index (χ4v) is 6.44. The van der Waals surface area contributed by atoms with E-state index in [2.05, 4.69) is 69.4 Å². The van der Waals surface area contributed by atoms with E-state index < -0.39 is 6.10 Å². The summed E-state index contributed by atoms with van der Waals surface area (Å²) in [6.07, 6.45) is 54.1. The number of hydrogen-bond donors (Lipinski definition) is 0. The summed E-state index contributed by atoms with van der Waals surface area (Å²) in [6.45, 7) is 7.62. The molecular weight excluding hydrogens is 669 g/mol. The molecule has 1 atom stereocenters. The van der Waals surface area contributed by atoms with Gasteiger partial charge in [0.05, 0.1) is 6.61 Å². The van der Waals surface area contributed by atoms with E-state index >= 15 is 0 Å². The molecule has 1 unspecified atom stereocenters. The minimum Gasteiger partial charge on any atom is -0.462 e. The molecule has 0 aliphatic heterocycles. The quantitative estimate of drug-likeness (QED) is 0.0353. The van der Waals surface area contributed by atoms with Crippen LogP contribution in [0.15, 0.2) is 48.6 Å². The average molecular weight is 757 g/mol. The van der Waals surface area contributed by atoms with Crippen LogP contribution in [0.3, 0.4) is 0 Å². The summed E-state index contributed by atoms with van der Waals surface area (Å²) in [6, 6.07) is 0. The highest BCUT2D eigenvalue weighted by molar-refractivity contribution is 5.70. The molecule has 0 aromatic rings. The van der Waals surface area contributed by atoms with E-state index in [0.717, 1.165) is 77.0 Å². The molecule has 0 aromatic heterocycles. The second-order valence-corrected chi connectivity index (χ2v) is 15.3. The summed E-state index contributed by atoms with van der Waals surface area (Å²) in [7, 11) is 0. The predicted octanol–water partition coefficient (Wildman–Crippen LogP) is 15.2. The molecule has 314 valence electrons. The standard InChI is InChI=1S/C49H88O5/c1-4-7-10-13-16-18-20-22-24-26-28-30-32-35-38-41-44-52-45-47(54-49(51)43-40-37-33-15-12-9-6-3)46-53-48(50)42-39-36-34-31-29-27-25-23-21-19-17-14-11-8-5-2/h7,10,16,18,22,24,28,30,47H,4-6,8-9,11-15,17,19-21,23,25-27,29,31-46H2,1-3H3/b10-7-,18-16-,24-22-,30-28-. The summed E-state index contributed by atoms with van der Waals surface area (Å²) in [5, 5.41) is 0. The van der Waals surface area contributed by atoms with Crippen LogP contribution in [0.2, 0.25) is 0 Å². The Balaban J connectivity index is 4.19. The van der Waals surface area contributed by atoms with Gasteiger partial charge in [-0.2, -0.15) is 0 Å². The molecule has 0 N–H and O–H groups in total. The summed E-state index contributed by atoms with van der Waals surface area (Å²) < 4.78 is 17.2. The largest absolute Gasteiger partial charge is 0.462 e. The van der Waals surface area contributed by atoms with Crippen molar-refractivity contribution in [2.45, 2.75) is 232 Å². The van der Waals surface area contributed by atoms with Crippen LogP contribution in [0, 0.1) is 0 Å². The Morgan fingerprint density at radius 3 is 1.31 bits per heavy atom. The van der Waals surface area contributed by atoms with Crippen LogP contribution in [-0.4, -0.2) is 37.9 Å². The lowest BCUT2D eigenvalue weighted by Gasteiger charge is -2.18. The zero-order valence-corrected chi connectivity index (χ0v) is 36.0. The first-order valence-electron chi connectivity index (χ1n) is 23.2. The van der Waals surface area contributed by atoms with Crippen molar-refractivity contribution in [1.29, 1.82) is 0 Å². The zero-order valence-electron chi connectivity index (χ0n) is 36.0. The Kier molecular flexibility index (Phi) is 43.5. The van der Waals surface area contributed by atoms with Gasteiger partial charge in [-0.15, -0.1) is 0 Å². The lowest BCUT2D eigenvalue weighted by Crippen LogP contribution is -2.30. The normalized spacial score (nSPS) is 12.6. The molecule has 0 amide bonds. The third-order valence-corrected chi connectivity index (χ3v) is 9.88. The number of allylic oxidation sites excluding steroid dienone is 8. The number of ether oxygens (including phenoxy) is 3. The van der Waals surface area contributed by atoms with Crippen molar-refractivity contribution >= 4 is 11.9 Å². The van der Waals surface area contributed by atoms with Crippen molar-refractivity contribution in [3.8, 4) is 0 Å². The van der Waals surface area contributed by atoms with E-state index in [-0.39, 0.29) is 25.2 Å². The van der Waals surface area contributed by atoms with Crippen LogP contribution in [-0.2, 0) is 23.8 Å². The Morgan fingerprint density at radius 1 is 0.426 bits per heavy atom. The van der Waals surface area contributed by atoms with Gasteiger partial charge in [0.1, 0.15) is 6.61 Å². The minimum absolute atomic E-state index is 0.0756. The van der Waals surface area contributed by atoms with E-state index in [1.807, 2.05) is 0 Å². The van der Waals surface area contributed by atoms with E-state index in [1.54, 1.807) is 0 Å². The van der Waals surface area contributed by atoms with E-state index in [1.165, 1.54) is 116 Å². The van der Waals surface area contributed by atoms with Crippen LogP contribution in [0.5, 0.6) is 0 Å². The van der Waals surface area contributed by atoms with Gasteiger partial charge in [-0.05, 0) is 57.8 Å². The van der Waals surface area contributed by atoms with Gasteiger partial charge >= 0.3 is 11.9 Å². The van der Waals surface area contributed by atoms with Crippen molar-refractivity contribution in [3.63, 3.8) is 0 Å². The topological polar surface area (TPSA) is 61.8 Å². The Morgan fingerprint density at radius 2 is 0.833 bits per heavy atom. The number of rotatable bonds is 42. The number of carbonyl (C=O) groups is 2. The van der Waals surface area contributed by atoms with Crippen molar-refractivity contribution in [3.05, 3.63) is 48.6 Å². The number of esters is 2. The second-order valence-electron chi connectivity index (χ2n) is 15.3. The number of carbonyl (C=O) groups excluding carboxylic acids is 2. The van der Waals surface area contributed by atoms with Crippen molar-refractivity contribution in [2.75, 3.05) is 19.8 Å². The highest BCUT2D eigenvalue weighted by Crippen LogP contribution is 2.15. The van der Waals surface area contributed by atoms with Crippen LogP contribution in [0.1, 0.15) is 226 Å². The van der Waals surface area contributed by atoms with Crippen molar-refractivity contribution in [2.24, 2.45) is 0 Å². The molecule has 0 spiro atoms. The fraction of sp³-hybridized carbons (Fsp3) is 0.796. The average Bonchev–Trinajstić information content (AvgIpc) is 3.17. The van der Waals surface area contributed by atoms with Crippen LogP contribution in [0.4, 0.5) is 0 Å². The second kappa shape index (κ2) is 45.3. The van der Waals surface area contributed by atoms with Gasteiger partial charge in [-0.1, -0.05) is 204 Å². The summed E-state index contributed by atoms with van der Waals surface area (Å²) in [4.78, 5) is 25.1. The van der Waals surface area contributed by atoms with Gasteiger partial charge in [-0.25, -0.2) is 0 Å². The lowest BCUT2D eigenvalue weighted by atomic mass is 10.0. The van der Waals surface area contributed by atoms with Crippen molar-refractivity contribution in [1.82, 2.24) is 0 Å². The van der Waals surface area contributed by atoms with Gasteiger partial charge in [0.25, 0.3) is 0 Å². The maximum absolute atomic E-state index is 12.6. The molecule has 54 heavy (non-hydrogen) atoms. The maximum atomic E-state index is 12.6. The lowest BCUT2D eigenvalue weighted by molar-refractivity contribution is -0.163. The van der Waals surface area contributed by atoms with E-state index in [0.29, 0.717) is 19.4 Å². The van der Waals surface area contributed by atoms with Gasteiger partial charge < -0.3 is 14.2 Å². The van der Waals surface area contributed by atoms with E-state index in [4.69, 9.17) is 14.2 Å². The highest BCUT2D eigenvalue weighted by atomic mass is 16.6.